The van der Waals surface area contributed by atoms with Crippen LogP contribution in [0.25, 0.3) is 5.57 Å². The Bertz CT molecular complexity index is 688. The molecule has 0 saturated carbocycles. The van der Waals surface area contributed by atoms with Crippen molar-refractivity contribution in [3.63, 3.8) is 0 Å². The molecule has 0 radical (unpaired) electrons. The van der Waals surface area contributed by atoms with E-state index in [4.69, 9.17) is 34.7 Å². The van der Waals surface area contributed by atoms with Gasteiger partial charge in [0.15, 0.2) is 0 Å². The summed E-state index contributed by atoms with van der Waals surface area (Å²) in [6.07, 6.45) is 2.68. The largest absolute Gasteiger partial charge is 0.383 e. The van der Waals surface area contributed by atoms with Gasteiger partial charge in [0.25, 0.3) is 0 Å². The standard InChI is InChI=1S/C15H16Cl2N4/c1-8(10-4-6-12(16)13(17)7-10)3-5-11-9(2)20-15(19)21-14(11)18/h3-4,6-7H,5H2,1-2H3,(H4,18,19,20,21). The summed E-state index contributed by atoms with van der Waals surface area (Å²) in [5.41, 5.74) is 15.2. The van der Waals surface area contributed by atoms with Crippen LogP contribution in [0.15, 0.2) is 24.3 Å². The van der Waals surface area contributed by atoms with Crippen molar-refractivity contribution in [3.05, 3.63) is 51.1 Å². The van der Waals surface area contributed by atoms with Crippen LogP contribution in [-0.2, 0) is 6.42 Å². The van der Waals surface area contributed by atoms with E-state index in [1.54, 1.807) is 6.07 Å². The summed E-state index contributed by atoms with van der Waals surface area (Å²) in [6.45, 7) is 3.87. The zero-order valence-corrected chi connectivity index (χ0v) is 13.3. The molecule has 0 amide bonds. The van der Waals surface area contributed by atoms with Crippen LogP contribution in [0, 0.1) is 6.92 Å². The summed E-state index contributed by atoms with van der Waals surface area (Å²) in [6, 6.07) is 5.55. The van der Waals surface area contributed by atoms with Crippen LogP contribution < -0.4 is 11.5 Å². The van der Waals surface area contributed by atoms with E-state index in [0.717, 1.165) is 22.4 Å². The molecule has 0 saturated heterocycles. The molecule has 0 aliphatic heterocycles. The van der Waals surface area contributed by atoms with Gasteiger partial charge in [0.05, 0.1) is 10.0 Å². The number of nitrogens with zero attached hydrogens (tertiary/aromatic N) is 2. The molecule has 4 N–H and O–H groups in total. The number of nitrogen functional groups attached to an aromatic ring is 2. The number of hydrogen-bond acceptors (Lipinski definition) is 4. The number of nitrogens with two attached hydrogens (primary N) is 2. The highest BCUT2D eigenvalue weighted by Gasteiger charge is 2.07. The maximum absolute atomic E-state index is 6.03. The van der Waals surface area contributed by atoms with Crippen molar-refractivity contribution in [3.8, 4) is 0 Å². The van der Waals surface area contributed by atoms with Gasteiger partial charge in [-0.2, -0.15) is 4.98 Å². The Morgan fingerprint density at radius 2 is 1.90 bits per heavy atom. The molecule has 0 atom stereocenters. The van der Waals surface area contributed by atoms with Gasteiger partial charge in [-0.1, -0.05) is 35.3 Å². The molecule has 6 heteroatoms. The Balaban J connectivity index is 2.26. The third-order valence-electron chi connectivity index (χ3n) is 3.25. The Morgan fingerprint density at radius 1 is 1.19 bits per heavy atom. The highest BCUT2D eigenvalue weighted by molar-refractivity contribution is 6.42. The van der Waals surface area contributed by atoms with Crippen molar-refractivity contribution >= 4 is 40.5 Å². The number of rotatable bonds is 3. The van der Waals surface area contributed by atoms with E-state index in [1.165, 1.54) is 0 Å². The van der Waals surface area contributed by atoms with E-state index >= 15 is 0 Å². The van der Waals surface area contributed by atoms with E-state index in [0.29, 0.717) is 22.3 Å². The molecule has 1 heterocycles. The normalized spacial score (nSPS) is 11.7. The second-order valence-electron chi connectivity index (χ2n) is 4.75. The number of aromatic nitrogens is 2. The second-order valence-corrected chi connectivity index (χ2v) is 5.57. The fraction of sp³-hybridized carbons (Fsp3) is 0.200. The van der Waals surface area contributed by atoms with Gasteiger partial charge in [0.1, 0.15) is 5.82 Å². The summed E-state index contributed by atoms with van der Waals surface area (Å²) in [7, 11) is 0. The lowest BCUT2D eigenvalue weighted by Crippen LogP contribution is -2.06. The lowest BCUT2D eigenvalue weighted by Gasteiger charge is -2.08. The van der Waals surface area contributed by atoms with Crippen LogP contribution in [-0.4, -0.2) is 9.97 Å². The second kappa shape index (κ2) is 6.33. The molecule has 1 aromatic carbocycles. The summed E-state index contributed by atoms with van der Waals surface area (Å²) < 4.78 is 0. The van der Waals surface area contributed by atoms with Crippen LogP contribution >= 0.6 is 23.2 Å². The predicted molar refractivity (Wildman–Crippen MR) is 89.4 cm³/mol. The molecular formula is C15H16Cl2N4. The number of aryl methyl sites for hydroxylation is 1. The number of allylic oxidation sites excluding steroid dienone is 2. The van der Waals surface area contributed by atoms with E-state index in [2.05, 4.69) is 16.0 Å². The number of hydrogen-bond donors (Lipinski definition) is 2. The molecule has 2 aromatic rings. The van der Waals surface area contributed by atoms with Gasteiger partial charge in [-0.05, 0) is 43.5 Å². The SMILES string of the molecule is CC(=CCc1c(C)nc(N)nc1N)c1ccc(Cl)c(Cl)c1. The molecule has 0 spiro atoms. The zero-order valence-electron chi connectivity index (χ0n) is 11.8. The molecule has 0 bridgehead atoms. The van der Waals surface area contributed by atoms with E-state index in [9.17, 15) is 0 Å². The smallest absolute Gasteiger partial charge is 0.222 e. The Morgan fingerprint density at radius 3 is 2.52 bits per heavy atom. The van der Waals surface area contributed by atoms with Gasteiger partial charge in [0, 0.05) is 11.3 Å². The molecule has 0 fully saturated rings. The molecule has 1 aromatic heterocycles. The first-order valence-electron chi connectivity index (χ1n) is 6.39. The van der Waals surface area contributed by atoms with Gasteiger partial charge < -0.3 is 11.5 Å². The molecule has 2 rings (SSSR count). The Hall–Kier alpha value is -1.78. The maximum Gasteiger partial charge on any atom is 0.222 e. The minimum atomic E-state index is 0.193. The quantitative estimate of drug-likeness (QED) is 0.898. The van der Waals surface area contributed by atoms with Gasteiger partial charge in [-0.25, -0.2) is 4.98 Å². The van der Waals surface area contributed by atoms with E-state index < -0.39 is 0 Å². The predicted octanol–water partition coefficient (Wildman–Crippen LogP) is 3.90. The fourth-order valence-electron chi connectivity index (χ4n) is 2.01. The van der Waals surface area contributed by atoms with Crippen LogP contribution in [0.4, 0.5) is 11.8 Å². The Kier molecular flexibility index (Phi) is 4.70. The maximum atomic E-state index is 6.03. The van der Waals surface area contributed by atoms with Gasteiger partial charge in [-0.15, -0.1) is 0 Å². The topological polar surface area (TPSA) is 77.8 Å². The highest BCUT2D eigenvalue weighted by atomic mass is 35.5. The average Bonchev–Trinajstić information content (AvgIpc) is 2.40. The van der Waals surface area contributed by atoms with Crippen LogP contribution in [0.5, 0.6) is 0 Å². The van der Waals surface area contributed by atoms with Gasteiger partial charge in [0.2, 0.25) is 5.95 Å². The molecule has 0 aliphatic carbocycles. The van der Waals surface area contributed by atoms with Crippen molar-refractivity contribution in [2.24, 2.45) is 0 Å². The van der Waals surface area contributed by atoms with Crippen molar-refractivity contribution < 1.29 is 0 Å². The molecule has 21 heavy (non-hydrogen) atoms. The Labute approximate surface area is 133 Å². The summed E-state index contributed by atoms with van der Waals surface area (Å²) in [5, 5.41) is 1.08. The van der Waals surface area contributed by atoms with Crippen molar-refractivity contribution in [1.29, 1.82) is 0 Å². The van der Waals surface area contributed by atoms with Crippen molar-refractivity contribution in [1.82, 2.24) is 9.97 Å². The minimum Gasteiger partial charge on any atom is -0.383 e. The molecule has 0 unspecified atom stereocenters. The third-order valence-corrected chi connectivity index (χ3v) is 3.99. The first-order chi connectivity index (χ1) is 9.88. The zero-order chi connectivity index (χ0) is 15.6. The summed E-state index contributed by atoms with van der Waals surface area (Å²) in [5.74, 6) is 0.608. The monoisotopic (exact) mass is 322 g/mol. The van der Waals surface area contributed by atoms with Crippen LogP contribution in [0.2, 0.25) is 10.0 Å². The first kappa shape index (κ1) is 15.6. The molecule has 0 aliphatic rings. The lowest BCUT2D eigenvalue weighted by atomic mass is 10.0. The molecule has 110 valence electrons. The van der Waals surface area contributed by atoms with Crippen LogP contribution in [0.3, 0.4) is 0 Å². The highest BCUT2D eigenvalue weighted by Crippen LogP contribution is 2.26. The van der Waals surface area contributed by atoms with Gasteiger partial charge in [-0.3, -0.25) is 0 Å². The fourth-order valence-corrected chi connectivity index (χ4v) is 2.31. The number of anilines is 2. The molecular weight excluding hydrogens is 307 g/mol. The van der Waals surface area contributed by atoms with E-state index in [-0.39, 0.29) is 5.95 Å². The average molecular weight is 323 g/mol. The first-order valence-corrected chi connectivity index (χ1v) is 7.14. The van der Waals surface area contributed by atoms with Crippen LogP contribution in [0.1, 0.15) is 23.7 Å². The summed E-state index contributed by atoms with van der Waals surface area (Å²) in [4.78, 5) is 8.12. The lowest BCUT2D eigenvalue weighted by molar-refractivity contribution is 1.05. The third kappa shape index (κ3) is 3.65. The number of halogens is 2. The minimum absolute atomic E-state index is 0.193. The van der Waals surface area contributed by atoms with Crippen molar-refractivity contribution in [2.45, 2.75) is 20.3 Å². The number of benzene rings is 1. The molecule has 4 nitrogen and oxygen atoms in total. The summed E-state index contributed by atoms with van der Waals surface area (Å²) >= 11 is 11.9. The van der Waals surface area contributed by atoms with E-state index in [1.807, 2.05) is 26.0 Å². The van der Waals surface area contributed by atoms with Gasteiger partial charge >= 0.3 is 0 Å². The van der Waals surface area contributed by atoms with Crippen molar-refractivity contribution in [2.75, 3.05) is 11.5 Å².